The molecule has 1 aliphatic carbocycles. The Balaban J connectivity index is 1.34. The number of nitrogens with one attached hydrogen (secondary N) is 1. The molecule has 3 atom stereocenters. The van der Waals surface area contributed by atoms with Crippen LogP contribution in [-0.2, 0) is 22.3 Å². The van der Waals surface area contributed by atoms with Gasteiger partial charge in [0.15, 0.2) is 5.82 Å². The molecule has 3 N–H and O–H groups in total. The number of piperidine rings is 1. The summed E-state index contributed by atoms with van der Waals surface area (Å²) < 4.78 is 56.4. The second-order valence-corrected chi connectivity index (χ2v) is 10.3. The van der Waals surface area contributed by atoms with E-state index in [0.717, 1.165) is 18.6 Å². The number of hydrogen-bond acceptors (Lipinski definition) is 5. The van der Waals surface area contributed by atoms with Gasteiger partial charge in [0.2, 0.25) is 11.8 Å². The molecule has 1 saturated carbocycles. The number of nitrogen functional groups attached to an aromatic ring is 1. The number of carbonyl (C=O) groups excluding carboxylic acids is 2. The summed E-state index contributed by atoms with van der Waals surface area (Å²) in [7, 11) is 0. The molecule has 2 amide bonds. The van der Waals surface area contributed by atoms with Gasteiger partial charge in [-0.25, -0.2) is 14.4 Å². The summed E-state index contributed by atoms with van der Waals surface area (Å²) in [6, 6.07) is 6.75. The van der Waals surface area contributed by atoms with Crippen molar-refractivity contribution in [1.29, 1.82) is 0 Å². The highest BCUT2D eigenvalue weighted by Gasteiger charge is 2.56. The van der Waals surface area contributed by atoms with Crippen molar-refractivity contribution < 1.29 is 27.2 Å². The third-order valence-electron chi connectivity index (χ3n) is 7.19. The molecule has 3 heterocycles. The molecule has 0 unspecified atom stereocenters. The van der Waals surface area contributed by atoms with Crippen molar-refractivity contribution in [2.45, 2.75) is 37.6 Å². The number of anilines is 2. The van der Waals surface area contributed by atoms with E-state index in [9.17, 15) is 27.2 Å². The molecule has 1 aliphatic heterocycles. The number of rotatable bonds is 4. The van der Waals surface area contributed by atoms with Crippen molar-refractivity contribution in [1.82, 2.24) is 19.4 Å². The minimum absolute atomic E-state index is 0.00705. The maximum Gasteiger partial charge on any atom is 0.416 e. The van der Waals surface area contributed by atoms with Crippen molar-refractivity contribution in [2.24, 2.45) is 5.92 Å². The van der Waals surface area contributed by atoms with E-state index in [1.54, 1.807) is 6.07 Å². The third-order valence-corrected chi connectivity index (χ3v) is 7.81. The lowest BCUT2D eigenvalue weighted by atomic mass is 10.1. The molecular weight excluding hydrogens is 572 g/mol. The number of amides is 2. The smallest absolute Gasteiger partial charge is 0.383 e. The molecule has 4 aromatic rings. The summed E-state index contributed by atoms with van der Waals surface area (Å²) in [5, 5.41) is 2.96. The lowest BCUT2D eigenvalue weighted by molar-refractivity contribution is -0.138. The molecule has 8 nitrogen and oxygen atoms in total. The number of halogens is 5. The first-order chi connectivity index (χ1) is 18.0. The van der Waals surface area contributed by atoms with Crippen molar-refractivity contribution >= 4 is 61.2 Å². The topological polar surface area (TPSA) is 106 Å². The van der Waals surface area contributed by atoms with Gasteiger partial charge >= 0.3 is 6.18 Å². The first-order valence-corrected chi connectivity index (χ1v) is 12.5. The van der Waals surface area contributed by atoms with Gasteiger partial charge in [-0.2, -0.15) is 13.2 Å². The van der Waals surface area contributed by atoms with Gasteiger partial charge in [-0.05, 0) is 65.0 Å². The van der Waals surface area contributed by atoms with E-state index in [4.69, 9.17) is 5.73 Å². The van der Waals surface area contributed by atoms with Crippen molar-refractivity contribution in [3.8, 4) is 0 Å². The summed E-state index contributed by atoms with van der Waals surface area (Å²) in [5.41, 5.74) is 5.68. The summed E-state index contributed by atoms with van der Waals surface area (Å²) in [6.45, 7) is -0.278. The Bertz CT molecular complexity index is 1640. The third kappa shape index (κ3) is 3.96. The SMILES string of the molecule is Nc1ncnc2c1c1cc(C(F)(F)F)ccc1n2CC(=O)N1[C@@H]2C[C@@H]2C[C@H]1C(=O)Nc1cccc(Br)c1F. The van der Waals surface area contributed by atoms with Crippen LogP contribution in [0.2, 0.25) is 0 Å². The van der Waals surface area contributed by atoms with Gasteiger partial charge in [-0.3, -0.25) is 9.59 Å². The van der Waals surface area contributed by atoms with Gasteiger partial charge in [-0.15, -0.1) is 0 Å². The second-order valence-electron chi connectivity index (χ2n) is 9.48. The number of likely N-dealkylation sites (tertiary alicyclic amines) is 1. The molecule has 196 valence electrons. The van der Waals surface area contributed by atoms with E-state index in [-0.39, 0.29) is 50.9 Å². The summed E-state index contributed by atoms with van der Waals surface area (Å²) in [5.74, 6) is -1.38. The zero-order valence-corrected chi connectivity index (χ0v) is 21.1. The number of hydrogen-bond donors (Lipinski definition) is 2. The Hall–Kier alpha value is -3.74. The normalized spacial score (nSPS) is 20.7. The van der Waals surface area contributed by atoms with E-state index in [2.05, 4.69) is 31.2 Å². The molecule has 2 aliphatic rings. The maximum atomic E-state index is 14.4. The fourth-order valence-corrected chi connectivity index (χ4v) is 5.72. The number of fused-ring (bicyclic) bond motifs is 4. The highest BCUT2D eigenvalue weighted by Crippen LogP contribution is 2.48. The number of benzene rings is 2. The zero-order valence-electron chi connectivity index (χ0n) is 19.5. The predicted molar refractivity (Wildman–Crippen MR) is 134 cm³/mol. The average molecular weight is 591 g/mol. The van der Waals surface area contributed by atoms with Gasteiger partial charge in [-0.1, -0.05) is 6.07 Å². The van der Waals surface area contributed by atoms with E-state index >= 15 is 0 Å². The fraction of sp³-hybridized carbons (Fsp3) is 0.280. The first-order valence-electron chi connectivity index (χ1n) is 11.7. The highest BCUT2D eigenvalue weighted by atomic mass is 79.9. The predicted octanol–water partition coefficient (Wildman–Crippen LogP) is 4.72. The Morgan fingerprint density at radius 2 is 1.95 bits per heavy atom. The van der Waals surface area contributed by atoms with Crippen LogP contribution in [-0.4, -0.2) is 43.3 Å². The van der Waals surface area contributed by atoms with Crippen LogP contribution in [0.15, 0.2) is 47.2 Å². The Morgan fingerprint density at radius 1 is 1.16 bits per heavy atom. The molecule has 13 heteroatoms. The van der Waals surface area contributed by atoms with Gasteiger partial charge < -0.3 is 20.5 Å². The second kappa shape index (κ2) is 8.65. The molecule has 2 aromatic heterocycles. The maximum absolute atomic E-state index is 14.4. The molecule has 0 spiro atoms. The molecule has 0 bridgehead atoms. The van der Waals surface area contributed by atoms with Gasteiger partial charge in [0.05, 0.1) is 26.6 Å². The van der Waals surface area contributed by atoms with Crippen LogP contribution in [0.4, 0.5) is 29.1 Å². The van der Waals surface area contributed by atoms with Crippen LogP contribution < -0.4 is 11.1 Å². The minimum atomic E-state index is -4.58. The molecule has 6 rings (SSSR count). The van der Waals surface area contributed by atoms with Gasteiger partial charge in [0.1, 0.15) is 30.4 Å². The number of carbonyl (C=O) groups is 2. The largest absolute Gasteiger partial charge is 0.416 e. The van der Waals surface area contributed by atoms with Crippen LogP contribution in [0.3, 0.4) is 0 Å². The molecule has 38 heavy (non-hydrogen) atoms. The summed E-state index contributed by atoms with van der Waals surface area (Å²) >= 11 is 3.09. The summed E-state index contributed by atoms with van der Waals surface area (Å²) in [6.07, 6.45) is -2.21. The van der Waals surface area contributed by atoms with E-state index in [0.29, 0.717) is 11.9 Å². The Labute approximate surface area is 220 Å². The highest BCUT2D eigenvalue weighted by molar-refractivity contribution is 9.10. The summed E-state index contributed by atoms with van der Waals surface area (Å²) in [4.78, 5) is 36.4. The Morgan fingerprint density at radius 3 is 2.71 bits per heavy atom. The molecule has 2 fully saturated rings. The lowest BCUT2D eigenvalue weighted by Crippen LogP contribution is -2.46. The number of alkyl halides is 3. The van der Waals surface area contributed by atoms with Crippen molar-refractivity contribution in [2.75, 3.05) is 11.1 Å². The van der Waals surface area contributed by atoms with E-state index in [1.165, 1.54) is 34.0 Å². The van der Waals surface area contributed by atoms with Crippen LogP contribution in [0.5, 0.6) is 0 Å². The zero-order chi connectivity index (χ0) is 26.9. The van der Waals surface area contributed by atoms with Crippen LogP contribution in [0, 0.1) is 11.7 Å². The van der Waals surface area contributed by atoms with Crippen LogP contribution in [0.1, 0.15) is 18.4 Å². The van der Waals surface area contributed by atoms with Crippen LogP contribution >= 0.6 is 15.9 Å². The number of aromatic nitrogens is 3. The van der Waals surface area contributed by atoms with Gasteiger partial charge in [0.25, 0.3) is 0 Å². The molecule has 2 aromatic carbocycles. The number of nitrogens with zero attached hydrogens (tertiary/aromatic N) is 4. The van der Waals surface area contributed by atoms with Crippen molar-refractivity contribution in [3.05, 3.63) is 58.6 Å². The first kappa shape index (κ1) is 24.6. The number of nitrogens with two attached hydrogens (primary N) is 1. The monoisotopic (exact) mass is 590 g/mol. The fourth-order valence-electron chi connectivity index (χ4n) is 5.36. The average Bonchev–Trinajstić information content (AvgIpc) is 3.41. The van der Waals surface area contributed by atoms with Crippen LogP contribution in [0.25, 0.3) is 21.9 Å². The van der Waals surface area contributed by atoms with Gasteiger partial charge in [0, 0.05) is 11.4 Å². The Kier molecular flexibility index (Phi) is 5.60. The quantitative estimate of drug-likeness (QED) is 0.335. The minimum Gasteiger partial charge on any atom is -0.383 e. The molecule has 0 radical (unpaired) electrons. The van der Waals surface area contributed by atoms with E-state index in [1.807, 2.05) is 0 Å². The lowest BCUT2D eigenvalue weighted by Gasteiger charge is -2.27. The standard InChI is InChI=1S/C25H19BrF4N6O2/c26-14-2-1-3-15(21(14)27)34-24(38)18-7-11-6-17(11)36(18)19(37)9-35-16-5-4-12(25(28,29)30)8-13(16)20-22(31)32-10-33-23(20)35/h1-5,8,10-11,17-18H,6-7,9H2,(H,34,38)(H2,31,32,33)/t11-,17-,18+/m1/s1. The van der Waals surface area contributed by atoms with E-state index < -0.39 is 35.4 Å². The molecular formula is C25H19BrF4N6O2. The van der Waals surface area contributed by atoms with Crippen molar-refractivity contribution in [3.63, 3.8) is 0 Å². The molecule has 1 saturated heterocycles.